The van der Waals surface area contributed by atoms with Crippen molar-refractivity contribution in [1.82, 2.24) is 4.98 Å². The van der Waals surface area contributed by atoms with Gasteiger partial charge in [0.15, 0.2) is 0 Å². The topological polar surface area (TPSA) is 68.9 Å². The average molecular weight is 217 g/mol. The van der Waals surface area contributed by atoms with Crippen LogP contribution in [0.1, 0.15) is 31.2 Å². The van der Waals surface area contributed by atoms with Crippen molar-refractivity contribution in [2.75, 3.05) is 11.9 Å². The van der Waals surface area contributed by atoms with Crippen molar-refractivity contribution in [2.24, 2.45) is 0 Å². The molecule has 1 saturated carbocycles. The second-order valence-corrected chi connectivity index (χ2v) is 4.31. The molecule has 1 aliphatic carbocycles. The Balaban J connectivity index is 2.16. The van der Waals surface area contributed by atoms with Gasteiger partial charge in [-0.15, -0.1) is 0 Å². The lowest BCUT2D eigenvalue weighted by atomic mass is 9.99. The van der Waals surface area contributed by atoms with Crippen molar-refractivity contribution < 1.29 is 5.11 Å². The lowest BCUT2D eigenvalue weighted by Gasteiger charge is -2.28. The Hall–Kier alpha value is -1.60. The van der Waals surface area contributed by atoms with Crippen LogP contribution in [0.2, 0.25) is 0 Å². The van der Waals surface area contributed by atoms with Crippen LogP contribution < -0.4 is 5.32 Å². The maximum absolute atomic E-state index is 9.45. The summed E-state index contributed by atoms with van der Waals surface area (Å²) in [7, 11) is 0. The van der Waals surface area contributed by atoms with E-state index in [1.807, 2.05) is 0 Å². The van der Waals surface area contributed by atoms with Gasteiger partial charge in [-0.3, -0.25) is 0 Å². The first-order valence-electron chi connectivity index (χ1n) is 5.53. The van der Waals surface area contributed by atoms with Crippen molar-refractivity contribution in [3.63, 3.8) is 0 Å². The molecule has 0 aliphatic heterocycles. The lowest BCUT2D eigenvalue weighted by molar-refractivity contribution is 0.214. The van der Waals surface area contributed by atoms with Gasteiger partial charge in [0.1, 0.15) is 5.82 Å². The lowest BCUT2D eigenvalue weighted by Crippen LogP contribution is -2.39. The first kappa shape index (κ1) is 10.9. The van der Waals surface area contributed by atoms with E-state index in [2.05, 4.69) is 16.4 Å². The number of hydrogen-bond donors (Lipinski definition) is 2. The van der Waals surface area contributed by atoms with Crippen molar-refractivity contribution in [3.05, 3.63) is 23.9 Å². The van der Waals surface area contributed by atoms with Gasteiger partial charge >= 0.3 is 0 Å². The summed E-state index contributed by atoms with van der Waals surface area (Å²) < 4.78 is 0. The van der Waals surface area contributed by atoms with Crippen LogP contribution in [0, 0.1) is 11.3 Å². The Morgan fingerprint density at radius 3 is 2.88 bits per heavy atom. The highest BCUT2D eigenvalue weighted by Crippen LogP contribution is 2.32. The summed E-state index contributed by atoms with van der Waals surface area (Å²) in [5.74, 6) is 0.676. The molecule has 2 rings (SSSR count). The number of nitriles is 1. The number of aromatic nitrogens is 1. The minimum atomic E-state index is -0.235. The molecular weight excluding hydrogens is 202 g/mol. The SMILES string of the molecule is N#Cc1ccnc(NC2(CO)CCCC2)c1. The third-order valence-electron chi connectivity index (χ3n) is 3.15. The molecule has 1 aromatic rings. The van der Waals surface area contributed by atoms with Crippen molar-refractivity contribution in [3.8, 4) is 6.07 Å². The molecule has 1 aromatic heterocycles. The molecule has 1 fully saturated rings. The molecule has 0 bridgehead atoms. The third-order valence-corrected chi connectivity index (χ3v) is 3.15. The Morgan fingerprint density at radius 2 is 2.25 bits per heavy atom. The molecule has 0 unspecified atom stereocenters. The van der Waals surface area contributed by atoms with E-state index in [9.17, 15) is 5.11 Å². The van der Waals surface area contributed by atoms with E-state index in [1.54, 1.807) is 18.3 Å². The number of hydrogen-bond acceptors (Lipinski definition) is 4. The highest BCUT2D eigenvalue weighted by molar-refractivity contribution is 5.44. The van der Waals surface area contributed by atoms with Gasteiger partial charge in [-0.25, -0.2) is 4.98 Å². The Kier molecular flexibility index (Phi) is 3.07. The average Bonchev–Trinajstić information content (AvgIpc) is 2.78. The van der Waals surface area contributed by atoms with Crippen molar-refractivity contribution in [1.29, 1.82) is 5.26 Å². The smallest absolute Gasteiger partial charge is 0.127 e. The van der Waals surface area contributed by atoms with Crippen LogP contribution in [0.5, 0.6) is 0 Å². The zero-order valence-electron chi connectivity index (χ0n) is 9.11. The Bertz CT molecular complexity index is 405. The molecule has 0 amide bonds. The zero-order valence-corrected chi connectivity index (χ0v) is 9.11. The van der Waals surface area contributed by atoms with Crippen molar-refractivity contribution >= 4 is 5.82 Å². The fraction of sp³-hybridized carbons (Fsp3) is 0.500. The zero-order chi connectivity index (χ0) is 11.4. The number of aliphatic hydroxyl groups is 1. The quantitative estimate of drug-likeness (QED) is 0.808. The second-order valence-electron chi connectivity index (χ2n) is 4.31. The highest BCUT2D eigenvalue weighted by atomic mass is 16.3. The van der Waals surface area contributed by atoms with Crippen LogP contribution in [0.25, 0.3) is 0 Å². The molecule has 4 nitrogen and oxygen atoms in total. The first-order chi connectivity index (χ1) is 7.78. The molecule has 0 saturated heterocycles. The van der Waals surface area contributed by atoms with Gasteiger partial charge in [0.2, 0.25) is 0 Å². The molecule has 4 heteroatoms. The summed E-state index contributed by atoms with van der Waals surface area (Å²) in [6, 6.07) is 5.47. The van der Waals surface area contributed by atoms with Gasteiger partial charge < -0.3 is 10.4 Å². The number of pyridine rings is 1. The van der Waals surface area contributed by atoms with E-state index in [0.29, 0.717) is 11.4 Å². The van der Waals surface area contributed by atoms with E-state index in [4.69, 9.17) is 5.26 Å². The van der Waals surface area contributed by atoms with E-state index < -0.39 is 0 Å². The Morgan fingerprint density at radius 1 is 1.50 bits per heavy atom. The largest absolute Gasteiger partial charge is 0.394 e. The molecule has 1 aliphatic rings. The molecule has 2 N–H and O–H groups in total. The van der Waals surface area contributed by atoms with E-state index in [-0.39, 0.29) is 12.1 Å². The van der Waals surface area contributed by atoms with Crippen LogP contribution in [-0.4, -0.2) is 22.2 Å². The maximum atomic E-state index is 9.45. The Labute approximate surface area is 94.9 Å². The van der Waals surface area contributed by atoms with Crippen LogP contribution in [0.3, 0.4) is 0 Å². The molecule has 0 spiro atoms. The highest BCUT2D eigenvalue weighted by Gasteiger charge is 2.33. The summed E-state index contributed by atoms with van der Waals surface area (Å²) in [5, 5.41) is 21.5. The number of rotatable bonds is 3. The molecule has 16 heavy (non-hydrogen) atoms. The summed E-state index contributed by atoms with van der Waals surface area (Å²) in [5.41, 5.74) is 0.352. The fourth-order valence-corrected chi connectivity index (χ4v) is 2.21. The van der Waals surface area contributed by atoms with Crippen LogP contribution in [0.4, 0.5) is 5.82 Å². The van der Waals surface area contributed by atoms with E-state index in [1.165, 1.54) is 0 Å². The predicted molar refractivity (Wildman–Crippen MR) is 60.9 cm³/mol. The summed E-state index contributed by atoms with van der Waals surface area (Å²) in [6.07, 6.45) is 5.79. The van der Waals surface area contributed by atoms with Gasteiger partial charge in [0.05, 0.1) is 23.8 Å². The van der Waals surface area contributed by atoms with Gasteiger partial charge in [-0.2, -0.15) is 5.26 Å². The molecule has 84 valence electrons. The minimum absolute atomic E-state index is 0.117. The van der Waals surface area contributed by atoms with Crippen LogP contribution >= 0.6 is 0 Å². The summed E-state index contributed by atoms with van der Waals surface area (Å²) in [6.45, 7) is 0.117. The maximum Gasteiger partial charge on any atom is 0.127 e. The van der Waals surface area contributed by atoms with E-state index in [0.717, 1.165) is 25.7 Å². The van der Waals surface area contributed by atoms with Gasteiger partial charge in [-0.1, -0.05) is 12.8 Å². The minimum Gasteiger partial charge on any atom is -0.394 e. The van der Waals surface area contributed by atoms with Crippen LogP contribution in [0.15, 0.2) is 18.3 Å². The monoisotopic (exact) mass is 217 g/mol. The fourth-order valence-electron chi connectivity index (χ4n) is 2.21. The first-order valence-corrected chi connectivity index (χ1v) is 5.53. The molecule has 0 radical (unpaired) electrons. The molecule has 0 aromatic carbocycles. The van der Waals surface area contributed by atoms with Crippen molar-refractivity contribution in [2.45, 2.75) is 31.2 Å². The standard InChI is InChI=1S/C12H15N3O/c13-8-10-3-6-14-11(7-10)15-12(9-16)4-1-2-5-12/h3,6-7,16H,1-2,4-5,9H2,(H,14,15). The van der Waals surface area contributed by atoms with Crippen LogP contribution in [-0.2, 0) is 0 Å². The number of nitrogens with zero attached hydrogens (tertiary/aromatic N) is 2. The van der Waals surface area contributed by atoms with E-state index >= 15 is 0 Å². The van der Waals surface area contributed by atoms with Gasteiger partial charge in [-0.05, 0) is 25.0 Å². The number of nitrogens with one attached hydrogen (secondary N) is 1. The summed E-state index contributed by atoms with van der Waals surface area (Å²) >= 11 is 0. The third kappa shape index (κ3) is 2.15. The second kappa shape index (κ2) is 4.50. The molecular formula is C12H15N3O. The van der Waals surface area contributed by atoms with Gasteiger partial charge in [0.25, 0.3) is 0 Å². The summed E-state index contributed by atoms with van der Waals surface area (Å²) in [4.78, 5) is 4.17. The number of aliphatic hydroxyl groups excluding tert-OH is 1. The molecule has 1 heterocycles. The normalized spacial score (nSPS) is 18.0. The molecule has 0 atom stereocenters. The predicted octanol–water partition coefficient (Wildman–Crippen LogP) is 1.67. The van der Waals surface area contributed by atoms with Gasteiger partial charge in [0, 0.05) is 6.20 Å². The number of anilines is 1.